The molecule has 0 spiro atoms. The van der Waals surface area contributed by atoms with E-state index in [-0.39, 0.29) is 24.0 Å². The average molecular weight is 446 g/mol. The number of pyridine rings is 1. The molecule has 0 amide bonds. The first-order chi connectivity index (χ1) is 15.5. The molecule has 0 bridgehead atoms. The lowest BCUT2D eigenvalue weighted by Gasteiger charge is -2.22. The summed E-state index contributed by atoms with van der Waals surface area (Å²) < 4.78 is 50.3. The summed E-state index contributed by atoms with van der Waals surface area (Å²) in [5.74, 6) is -1.02. The summed E-state index contributed by atoms with van der Waals surface area (Å²) in [6, 6.07) is 1.89. The molecule has 2 aliphatic rings. The zero-order valence-corrected chi connectivity index (χ0v) is 17.7. The maximum Gasteiger partial charge on any atom is 0.168 e. The number of rotatable bonds is 5. The van der Waals surface area contributed by atoms with Crippen LogP contribution in [0.15, 0.2) is 18.3 Å². The Kier molecular flexibility index (Phi) is 5.62. The van der Waals surface area contributed by atoms with Crippen molar-refractivity contribution < 1.29 is 17.9 Å². The Morgan fingerprint density at radius 2 is 1.94 bits per heavy atom. The lowest BCUT2D eigenvalue weighted by Crippen LogP contribution is -2.30. The Morgan fingerprint density at radius 1 is 1.12 bits per heavy atom. The zero-order chi connectivity index (χ0) is 22.2. The first kappa shape index (κ1) is 21.0. The van der Waals surface area contributed by atoms with E-state index in [0.717, 1.165) is 37.4 Å². The predicted molar refractivity (Wildman–Crippen MR) is 114 cm³/mol. The van der Waals surface area contributed by atoms with Crippen molar-refractivity contribution in [3.63, 3.8) is 0 Å². The van der Waals surface area contributed by atoms with Crippen molar-refractivity contribution in [3.05, 3.63) is 35.7 Å². The van der Waals surface area contributed by atoms with E-state index in [2.05, 4.69) is 20.6 Å². The second kappa shape index (κ2) is 8.57. The van der Waals surface area contributed by atoms with E-state index in [4.69, 9.17) is 9.84 Å². The van der Waals surface area contributed by atoms with Crippen molar-refractivity contribution >= 4 is 11.5 Å². The standard InChI is InChI=1S/C22H25F3N6O/c1-32-18-8-19-27-11-17(31(19)30-20(18)12-5-3-2-4-6-12)21-13(23)7-14(24)22(29-21)28-16-10-26-9-15(16)25/h7-8,11-12,15-16,26H,2-6,9-10H2,1H3,(H,28,29)/t15-,16-/m0/s1. The van der Waals surface area contributed by atoms with Gasteiger partial charge in [0.2, 0.25) is 0 Å². The summed E-state index contributed by atoms with van der Waals surface area (Å²) in [4.78, 5) is 8.49. The van der Waals surface area contributed by atoms with Crippen LogP contribution in [-0.4, -0.2) is 52.0 Å². The van der Waals surface area contributed by atoms with Gasteiger partial charge in [0.1, 0.15) is 29.0 Å². The monoisotopic (exact) mass is 446 g/mol. The number of anilines is 1. The highest BCUT2D eigenvalue weighted by molar-refractivity contribution is 5.63. The first-order valence-electron chi connectivity index (χ1n) is 11.0. The highest BCUT2D eigenvalue weighted by Crippen LogP contribution is 2.37. The molecule has 0 aromatic carbocycles. The average Bonchev–Trinajstić information content (AvgIpc) is 3.40. The Bertz CT molecular complexity index is 1130. The van der Waals surface area contributed by atoms with E-state index in [1.807, 2.05) is 0 Å². The number of fused-ring (bicyclic) bond motifs is 1. The summed E-state index contributed by atoms with van der Waals surface area (Å²) in [6.45, 7) is 0.507. The first-order valence-corrected chi connectivity index (χ1v) is 11.0. The van der Waals surface area contributed by atoms with E-state index in [1.54, 1.807) is 13.2 Å². The van der Waals surface area contributed by atoms with Crippen LogP contribution in [-0.2, 0) is 0 Å². The Balaban J connectivity index is 1.57. The number of ether oxygens (including phenoxy) is 1. The minimum atomic E-state index is -1.19. The molecule has 2 N–H and O–H groups in total. The van der Waals surface area contributed by atoms with Gasteiger partial charge in [-0.25, -0.2) is 27.7 Å². The summed E-state index contributed by atoms with van der Waals surface area (Å²) in [7, 11) is 1.60. The van der Waals surface area contributed by atoms with Gasteiger partial charge in [0.05, 0.1) is 19.3 Å². The molecule has 1 aliphatic heterocycles. The van der Waals surface area contributed by atoms with E-state index < -0.39 is 23.8 Å². The van der Waals surface area contributed by atoms with E-state index >= 15 is 0 Å². The molecule has 170 valence electrons. The molecule has 2 fully saturated rings. The minimum absolute atomic E-state index is 0.102. The van der Waals surface area contributed by atoms with Gasteiger partial charge in [-0.2, -0.15) is 5.10 Å². The van der Waals surface area contributed by atoms with Crippen LogP contribution in [0.3, 0.4) is 0 Å². The van der Waals surface area contributed by atoms with Crippen LogP contribution in [0.5, 0.6) is 5.75 Å². The number of nitrogens with one attached hydrogen (secondary N) is 2. The second-order valence-electron chi connectivity index (χ2n) is 8.42. The van der Waals surface area contributed by atoms with Crippen molar-refractivity contribution in [1.29, 1.82) is 0 Å². The third-order valence-corrected chi connectivity index (χ3v) is 6.33. The number of alkyl halides is 1. The number of imidazole rings is 1. The van der Waals surface area contributed by atoms with E-state index in [0.29, 0.717) is 23.6 Å². The maximum atomic E-state index is 14.8. The Morgan fingerprint density at radius 3 is 2.66 bits per heavy atom. The molecular weight excluding hydrogens is 421 g/mol. The fourth-order valence-corrected chi connectivity index (χ4v) is 4.61. The summed E-state index contributed by atoms with van der Waals surface area (Å²) in [6.07, 6.45) is 5.74. The van der Waals surface area contributed by atoms with Gasteiger partial charge in [0.25, 0.3) is 0 Å². The number of hydrogen-bond donors (Lipinski definition) is 2. The van der Waals surface area contributed by atoms with Crippen LogP contribution in [0.4, 0.5) is 19.0 Å². The molecule has 7 nitrogen and oxygen atoms in total. The topological polar surface area (TPSA) is 76.4 Å². The minimum Gasteiger partial charge on any atom is -0.495 e. The number of aromatic nitrogens is 4. The van der Waals surface area contributed by atoms with Crippen LogP contribution < -0.4 is 15.4 Å². The third-order valence-electron chi connectivity index (χ3n) is 6.33. The summed E-state index contributed by atoms with van der Waals surface area (Å²) in [5.41, 5.74) is 1.47. The molecule has 4 heterocycles. The summed E-state index contributed by atoms with van der Waals surface area (Å²) in [5, 5.41) is 10.4. The maximum absolute atomic E-state index is 14.8. The van der Waals surface area contributed by atoms with Gasteiger partial charge in [-0.1, -0.05) is 19.3 Å². The number of nitrogens with zero attached hydrogens (tertiary/aromatic N) is 4. The molecule has 2 atom stereocenters. The van der Waals surface area contributed by atoms with Crippen molar-refractivity contribution in [1.82, 2.24) is 24.9 Å². The molecule has 32 heavy (non-hydrogen) atoms. The van der Waals surface area contributed by atoms with Crippen molar-refractivity contribution in [2.45, 2.75) is 50.2 Å². The molecule has 1 aliphatic carbocycles. The van der Waals surface area contributed by atoms with Crippen LogP contribution in [0.1, 0.15) is 43.7 Å². The van der Waals surface area contributed by atoms with Crippen LogP contribution in [0.25, 0.3) is 17.0 Å². The number of methoxy groups -OCH3 is 1. The highest BCUT2D eigenvalue weighted by atomic mass is 19.1. The van der Waals surface area contributed by atoms with Crippen molar-refractivity contribution in [3.8, 4) is 17.1 Å². The van der Waals surface area contributed by atoms with Gasteiger partial charge >= 0.3 is 0 Å². The van der Waals surface area contributed by atoms with Crippen molar-refractivity contribution in [2.24, 2.45) is 0 Å². The van der Waals surface area contributed by atoms with Gasteiger partial charge in [-0.3, -0.25) is 0 Å². The Labute approximate surface area is 183 Å². The smallest absolute Gasteiger partial charge is 0.168 e. The van der Waals surface area contributed by atoms with Gasteiger partial charge < -0.3 is 15.4 Å². The predicted octanol–water partition coefficient (Wildman–Crippen LogP) is 3.85. The van der Waals surface area contributed by atoms with Gasteiger partial charge in [0.15, 0.2) is 23.1 Å². The molecule has 1 saturated carbocycles. The highest BCUT2D eigenvalue weighted by Gasteiger charge is 2.29. The molecule has 1 saturated heterocycles. The molecule has 3 aromatic rings. The van der Waals surface area contributed by atoms with Crippen LogP contribution in [0, 0.1) is 11.6 Å². The van der Waals surface area contributed by atoms with Crippen LogP contribution in [0.2, 0.25) is 0 Å². The number of halogens is 3. The SMILES string of the molecule is COc1cc2ncc(-c3nc(N[C@H]4CNC[C@@H]4F)c(F)cc3F)n2nc1C1CCCCC1. The molecule has 10 heteroatoms. The molecule has 0 unspecified atom stereocenters. The Hall–Kier alpha value is -2.88. The second-order valence-corrected chi connectivity index (χ2v) is 8.42. The molecular formula is C22H25F3N6O. The quantitative estimate of drug-likeness (QED) is 0.620. The largest absolute Gasteiger partial charge is 0.495 e. The molecule has 3 aromatic heterocycles. The third kappa shape index (κ3) is 3.76. The van der Waals surface area contributed by atoms with Gasteiger partial charge in [-0.05, 0) is 12.8 Å². The van der Waals surface area contributed by atoms with E-state index in [1.165, 1.54) is 17.1 Å². The van der Waals surface area contributed by atoms with Crippen molar-refractivity contribution in [2.75, 3.05) is 25.5 Å². The van der Waals surface area contributed by atoms with E-state index in [9.17, 15) is 13.2 Å². The van der Waals surface area contributed by atoms with Gasteiger partial charge in [-0.15, -0.1) is 0 Å². The molecule has 0 radical (unpaired) electrons. The van der Waals surface area contributed by atoms with Gasteiger partial charge in [0, 0.05) is 31.1 Å². The fraction of sp³-hybridized carbons (Fsp3) is 0.500. The number of hydrogen-bond acceptors (Lipinski definition) is 6. The van der Waals surface area contributed by atoms with Crippen LogP contribution >= 0.6 is 0 Å². The lowest BCUT2D eigenvalue weighted by atomic mass is 9.86. The fourth-order valence-electron chi connectivity index (χ4n) is 4.61. The normalized spacial score (nSPS) is 21.9. The zero-order valence-electron chi connectivity index (χ0n) is 17.7. The lowest BCUT2D eigenvalue weighted by molar-refractivity contribution is 0.341. The molecule has 5 rings (SSSR count). The summed E-state index contributed by atoms with van der Waals surface area (Å²) >= 11 is 0.